The molecular formula is C22H23AsN2O3. The van der Waals surface area contributed by atoms with Crippen LogP contribution in [0.4, 0.5) is 0 Å². The minimum absolute atomic E-state index is 0.218. The molecule has 0 amide bonds. The fraction of sp³-hybridized carbons (Fsp3) is 0.182. The van der Waals surface area contributed by atoms with Crippen molar-refractivity contribution in [3.63, 3.8) is 0 Å². The number of rotatable bonds is 6. The summed E-state index contributed by atoms with van der Waals surface area (Å²) >= 11 is -0.673. The molecule has 3 rings (SSSR count). The first-order chi connectivity index (χ1) is 13.5. The van der Waals surface area contributed by atoms with Gasteiger partial charge < -0.3 is 0 Å². The van der Waals surface area contributed by atoms with Crippen LogP contribution in [0.2, 0.25) is 16.6 Å². The summed E-state index contributed by atoms with van der Waals surface area (Å²) in [5.41, 5.74) is 5.57. The van der Waals surface area contributed by atoms with Gasteiger partial charge in [0.1, 0.15) is 0 Å². The van der Waals surface area contributed by atoms with Gasteiger partial charge in [0.05, 0.1) is 0 Å². The predicted octanol–water partition coefficient (Wildman–Crippen LogP) is 1.85. The van der Waals surface area contributed by atoms with E-state index in [2.05, 4.69) is 21.4 Å². The van der Waals surface area contributed by atoms with E-state index in [1.165, 1.54) is 0 Å². The SMILES string of the molecule is C[As](C)CCOc1ccc(C=c2[nH]c(=O)c(=Cc3ccccc3)[nH]c2=O)cc1. The number of hydrogen-bond donors (Lipinski definition) is 2. The van der Waals surface area contributed by atoms with Crippen molar-refractivity contribution in [3.05, 3.63) is 97.1 Å². The summed E-state index contributed by atoms with van der Waals surface area (Å²) in [4.78, 5) is 30.0. The molecule has 0 radical (unpaired) electrons. The van der Waals surface area contributed by atoms with Crippen molar-refractivity contribution in [2.24, 2.45) is 0 Å². The molecule has 0 aliphatic rings. The van der Waals surface area contributed by atoms with E-state index < -0.39 is 14.7 Å². The zero-order valence-corrected chi connectivity index (χ0v) is 17.8. The summed E-state index contributed by atoms with van der Waals surface area (Å²) in [6, 6.07) is 16.9. The Morgan fingerprint density at radius 2 is 1.36 bits per heavy atom. The average Bonchev–Trinajstić information content (AvgIpc) is 2.68. The fourth-order valence-electron chi connectivity index (χ4n) is 2.59. The van der Waals surface area contributed by atoms with Crippen LogP contribution in [-0.2, 0) is 0 Å². The summed E-state index contributed by atoms with van der Waals surface area (Å²) in [5.74, 6) is 0.809. The van der Waals surface area contributed by atoms with Crippen LogP contribution >= 0.6 is 0 Å². The van der Waals surface area contributed by atoms with E-state index in [-0.39, 0.29) is 21.8 Å². The Hall–Kier alpha value is -2.78. The number of benzene rings is 2. The molecule has 0 aliphatic heterocycles. The van der Waals surface area contributed by atoms with Gasteiger partial charge in [0.25, 0.3) is 0 Å². The van der Waals surface area contributed by atoms with Gasteiger partial charge in [-0.15, -0.1) is 0 Å². The molecule has 0 fully saturated rings. The van der Waals surface area contributed by atoms with Crippen LogP contribution in [0.15, 0.2) is 64.2 Å². The van der Waals surface area contributed by atoms with E-state index in [1.807, 2.05) is 54.6 Å². The molecule has 3 aromatic rings. The van der Waals surface area contributed by atoms with Crippen LogP contribution in [0.1, 0.15) is 11.1 Å². The van der Waals surface area contributed by atoms with E-state index in [0.717, 1.165) is 28.7 Å². The van der Waals surface area contributed by atoms with E-state index >= 15 is 0 Å². The molecule has 144 valence electrons. The number of hydrogen-bond acceptors (Lipinski definition) is 3. The van der Waals surface area contributed by atoms with Crippen LogP contribution in [0.25, 0.3) is 12.2 Å². The van der Waals surface area contributed by atoms with Crippen LogP contribution in [0.3, 0.4) is 0 Å². The second-order valence-electron chi connectivity index (χ2n) is 6.66. The zero-order chi connectivity index (χ0) is 19.9. The van der Waals surface area contributed by atoms with Crippen LogP contribution in [-0.4, -0.2) is 31.2 Å². The maximum atomic E-state index is 12.4. The molecule has 0 saturated carbocycles. The van der Waals surface area contributed by atoms with Gasteiger partial charge in [0, 0.05) is 0 Å². The number of aromatic amines is 2. The molecular weight excluding hydrogens is 415 g/mol. The Kier molecular flexibility index (Phi) is 6.72. The van der Waals surface area contributed by atoms with Crippen LogP contribution in [0.5, 0.6) is 5.75 Å². The summed E-state index contributed by atoms with van der Waals surface area (Å²) in [6.07, 6.45) is 3.30. The average molecular weight is 438 g/mol. The van der Waals surface area contributed by atoms with Crippen molar-refractivity contribution in [1.82, 2.24) is 9.97 Å². The Morgan fingerprint density at radius 3 is 1.89 bits per heavy atom. The van der Waals surface area contributed by atoms with Gasteiger partial charge >= 0.3 is 126 Å². The number of H-pyrrole nitrogens is 2. The van der Waals surface area contributed by atoms with Crippen LogP contribution in [0, 0.1) is 0 Å². The van der Waals surface area contributed by atoms with Gasteiger partial charge in [-0.1, -0.05) is 30.3 Å². The first-order valence-electron chi connectivity index (χ1n) is 9.00. The molecule has 0 aliphatic carbocycles. The van der Waals surface area contributed by atoms with Crippen molar-refractivity contribution >= 4 is 26.8 Å². The van der Waals surface area contributed by atoms with E-state index in [4.69, 9.17) is 4.74 Å². The van der Waals surface area contributed by atoms with Crippen molar-refractivity contribution in [1.29, 1.82) is 0 Å². The molecule has 0 saturated heterocycles. The van der Waals surface area contributed by atoms with Crippen molar-refractivity contribution < 1.29 is 4.74 Å². The number of ether oxygens (including phenoxy) is 1. The molecule has 2 N–H and O–H groups in total. The normalized spacial score (nSPS) is 12.5. The predicted molar refractivity (Wildman–Crippen MR) is 115 cm³/mol. The van der Waals surface area contributed by atoms with Crippen molar-refractivity contribution in [2.45, 2.75) is 16.6 Å². The quantitative estimate of drug-likeness (QED) is 0.577. The van der Waals surface area contributed by atoms with Crippen molar-refractivity contribution in [2.75, 3.05) is 6.61 Å². The Balaban J connectivity index is 1.85. The van der Waals surface area contributed by atoms with Crippen molar-refractivity contribution in [3.8, 4) is 5.75 Å². The fourth-order valence-corrected chi connectivity index (χ4v) is 3.54. The van der Waals surface area contributed by atoms with Crippen LogP contribution < -0.4 is 26.6 Å². The second kappa shape index (κ2) is 9.43. The summed E-state index contributed by atoms with van der Waals surface area (Å²) in [5, 5.41) is 1.59. The molecule has 28 heavy (non-hydrogen) atoms. The molecule has 5 nitrogen and oxygen atoms in total. The topological polar surface area (TPSA) is 75.0 Å². The number of aromatic nitrogens is 2. The Labute approximate surface area is 167 Å². The third kappa shape index (κ3) is 5.61. The molecule has 0 spiro atoms. The third-order valence-electron chi connectivity index (χ3n) is 4.09. The molecule has 0 unspecified atom stereocenters. The third-order valence-corrected chi connectivity index (χ3v) is 6.35. The van der Waals surface area contributed by atoms with Gasteiger partial charge in [-0.25, -0.2) is 0 Å². The van der Waals surface area contributed by atoms with Gasteiger partial charge in [0.15, 0.2) is 0 Å². The summed E-state index contributed by atoms with van der Waals surface area (Å²) in [6.45, 7) is 0.739. The Bertz CT molecular complexity index is 1150. The van der Waals surface area contributed by atoms with Gasteiger partial charge in [-0.3, -0.25) is 0 Å². The summed E-state index contributed by atoms with van der Waals surface area (Å²) in [7, 11) is 0. The first-order valence-corrected chi connectivity index (χ1v) is 14.1. The molecule has 0 atom stereocenters. The molecule has 6 heteroatoms. The first kappa shape index (κ1) is 20.0. The van der Waals surface area contributed by atoms with Gasteiger partial charge in [0.2, 0.25) is 0 Å². The monoisotopic (exact) mass is 438 g/mol. The Morgan fingerprint density at radius 1 is 0.821 bits per heavy atom. The zero-order valence-electron chi connectivity index (χ0n) is 15.9. The maximum absolute atomic E-state index is 12.4. The molecule has 1 aromatic heterocycles. The minimum atomic E-state index is -0.673. The van der Waals surface area contributed by atoms with Gasteiger partial charge in [-0.05, 0) is 11.6 Å². The molecule has 0 bridgehead atoms. The molecule has 1 heterocycles. The van der Waals surface area contributed by atoms with E-state index in [1.54, 1.807) is 12.2 Å². The van der Waals surface area contributed by atoms with E-state index in [9.17, 15) is 9.59 Å². The second-order valence-corrected chi connectivity index (χ2v) is 12.1. The number of nitrogens with one attached hydrogen (secondary N) is 2. The standard InChI is InChI=1S/C22H23AsN2O3/c1-23(2)12-13-28-18-10-8-17(9-11-18)15-20-22(27)24-19(21(26)25-20)14-16-6-4-3-5-7-16/h3-11,14-15H,12-13H2,1-2H3,(H,24,27)(H,25,26). The summed E-state index contributed by atoms with van der Waals surface area (Å²) < 4.78 is 5.73. The van der Waals surface area contributed by atoms with E-state index in [0.29, 0.717) is 0 Å². The molecule has 2 aromatic carbocycles. The van der Waals surface area contributed by atoms with Gasteiger partial charge in [-0.2, -0.15) is 0 Å².